The molecule has 7 heteroatoms. The topological polar surface area (TPSA) is 70.6 Å². The molecule has 0 spiro atoms. The predicted octanol–water partition coefficient (Wildman–Crippen LogP) is 5.00. The van der Waals surface area contributed by atoms with Gasteiger partial charge in [0.05, 0.1) is 10.9 Å². The van der Waals surface area contributed by atoms with Crippen LogP contribution in [0.15, 0.2) is 53.7 Å². The van der Waals surface area contributed by atoms with Crippen molar-refractivity contribution in [1.82, 2.24) is 14.8 Å². The largest absolute Gasteiger partial charge is 0.334 e. The summed E-state index contributed by atoms with van der Waals surface area (Å²) in [6.07, 6.45) is 8.01. The Kier molecular flexibility index (Phi) is 6.74. The summed E-state index contributed by atoms with van der Waals surface area (Å²) in [4.78, 5) is 46.0. The van der Waals surface area contributed by atoms with Gasteiger partial charge in [0.25, 0.3) is 11.1 Å². The number of rotatable bonds is 5. The number of piperidine rings is 1. The van der Waals surface area contributed by atoms with Gasteiger partial charge in [-0.1, -0.05) is 44.2 Å². The highest BCUT2D eigenvalue weighted by atomic mass is 32.2. The zero-order valence-corrected chi connectivity index (χ0v) is 19.2. The van der Waals surface area contributed by atoms with Gasteiger partial charge in [-0.2, -0.15) is 0 Å². The van der Waals surface area contributed by atoms with E-state index in [0.29, 0.717) is 17.4 Å². The zero-order chi connectivity index (χ0) is 22.7. The number of amides is 3. The molecule has 3 heterocycles. The van der Waals surface area contributed by atoms with Gasteiger partial charge in [0.15, 0.2) is 0 Å². The van der Waals surface area contributed by atoms with Crippen LogP contribution in [0.2, 0.25) is 0 Å². The normalized spacial score (nSPS) is 20.5. The molecule has 2 fully saturated rings. The van der Waals surface area contributed by atoms with E-state index in [4.69, 9.17) is 0 Å². The minimum Gasteiger partial charge on any atom is -0.334 e. The Bertz CT molecular complexity index is 1030. The third kappa shape index (κ3) is 4.78. The lowest BCUT2D eigenvalue weighted by molar-refractivity contribution is -0.138. The molecule has 0 radical (unpaired) electrons. The highest BCUT2D eigenvalue weighted by Gasteiger charge is 2.38. The Morgan fingerprint density at radius 2 is 1.97 bits per heavy atom. The summed E-state index contributed by atoms with van der Waals surface area (Å²) >= 11 is 0.891. The van der Waals surface area contributed by atoms with Crippen LogP contribution in [0.5, 0.6) is 0 Å². The number of hydrogen-bond donors (Lipinski definition) is 0. The molecule has 166 valence electrons. The Morgan fingerprint density at radius 3 is 2.66 bits per heavy atom. The van der Waals surface area contributed by atoms with Gasteiger partial charge in [0.2, 0.25) is 5.91 Å². The highest BCUT2D eigenvalue weighted by molar-refractivity contribution is 8.18. The van der Waals surface area contributed by atoms with E-state index >= 15 is 0 Å². The fourth-order valence-corrected chi connectivity index (χ4v) is 4.98. The van der Waals surface area contributed by atoms with Crippen LogP contribution < -0.4 is 0 Å². The van der Waals surface area contributed by atoms with Crippen molar-refractivity contribution in [2.75, 3.05) is 13.1 Å². The Hall–Kier alpha value is -2.93. The van der Waals surface area contributed by atoms with Crippen molar-refractivity contribution in [3.05, 3.63) is 70.4 Å². The van der Waals surface area contributed by atoms with E-state index in [2.05, 4.69) is 18.8 Å². The fraction of sp³-hybridized carbons (Fsp3) is 0.360. The number of hydrogen-bond acceptors (Lipinski definition) is 5. The molecule has 1 aromatic carbocycles. The van der Waals surface area contributed by atoms with Crippen LogP contribution in [0.1, 0.15) is 61.8 Å². The lowest BCUT2D eigenvalue weighted by atomic mass is 9.96. The maximum atomic E-state index is 13.1. The van der Waals surface area contributed by atoms with Crippen LogP contribution in [0.25, 0.3) is 6.08 Å². The lowest BCUT2D eigenvalue weighted by Gasteiger charge is -2.36. The summed E-state index contributed by atoms with van der Waals surface area (Å²) < 4.78 is 0. The third-order valence-corrected chi connectivity index (χ3v) is 6.87. The van der Waals surface area contributed by atoms with E-state index in [1.165, 1.54) is 5.56 Å². The van der Waals surface area contributed by atoms with Gasteiger partial charge in [0.1, 0.15) is 6.54 Å². The minimum atomic E-state index is -0.406. The number of benzene rings is 1. The number of nitrogens with zero attached hydrogens (tertiary/aromatic N) is 3. The van der Waals surface area contributed by atoms with Crippen molar-refractivity contribution < 1.29 is 14.4 Å². The van der Waals surface area contributed by atoms with E-state index in [0.717, 1.165) is 47.1 Å². The number of carbonyl (C=O) groups excluding carboxylic acids is 3. The van der Waals surface area contributed by atoms with Crippen molar-refractivity contribution in [3.63, 3.8) is 0 Å². The lowest BCUT2D eigenvalue weighted by Crippen LogP contribution is -2.45. The number of likely N-dealkylation sites (tertiary alicyclic amines) is 1. The first-order chi connectivity index (χ1) is 15.4. The van der Waals surface area contributed by atoms with Crippen molar-refractivity contribution in [2.24, 2.45) is 0 Å². The molecule has 2 aromatic rings. The smallest absolute Gasteiger partial charge is 0.294 e. The Balaban J connectivity index is 1.47. The van der Waals surface area contributed by atoms with Gasteiger partial charge < -0.3 is 4.90 Å². The number of imide groups is 1. The summed E-state index contributed by atoms with van der Waals surface area (Å²) in [6.45, 7) is 4.63. The molecular formula is C25H27N3O3S. The first-order valence-electron chi connectivity index (χ1n) is 11.0. The number of pyridine rings is 1. The van der Waals surface area contributed by atoms with Crippen molar-refractivity contribution in [3.8, 4) is 0 Å². The molecule has 0 saturated carbocycles. The second-order valence-electron chi connectivity index (χ2n) is 8.47. The van der Waals surface area contributed by atoms with Gasteiger partial charge >= 0.3 is 0 Å². The molecule has 0 bridgehead atoms. The van der Waals surface area contributed by atoms with E-state index in [9.17, 15) is 14.4 Å². The van der Waals surface area contributed by atoms with Gasteiger partial charge in [-0.3, -0.25) is 24.3 Å². The van der Waals surface area contributed by atoms with Gasteiger partial charge in [0, 0.05) is 18.9 Å². The summed E-state index contributed by atoms with van der Waals surface area (Å²) in [5.74, 6) is -0.188. The van der Waals surface area contributed by atoms with Gasteiger partial charge in [-0.05, 0) is 65.8 Å². The van der Waals surface area contributed by atoms with Crippen molar-refractivity contribution in [2.45, 2.75) is 45.1 Å². The molecule has 4 rings (SSSR count). The van der Waals surface area contributed by atoms with Crippen LogP contribution in [0.3, 0.4) is 0 Å². The standard InChI is InChI=1S/C25H27N3O3S/c1-17(2)19-10-8-18(9-11-19)14-22-24(30)28(25(31)32-22)16-23(29)27-13-4-3-7-21(27)20-6-5-12-26-15-20/h5-6,8-12,14-15,17,21H,3-4,7,13,16H2,1-2H3. The number of thioether (sulfide) groups is 1. The van der Waals surface area contributed by atoms with E-state index in [1.807, 2.05) is 36.4 Å². The predicted molar refractivity (Wildman–Crippen MR) is 126 cm³/mol. The number of aromatic nitrogens is 1. The minimum absolute atomic E-state index is 0.0695. The highest BCUT2D eigenvalue weighted by Crippen LogP contribution is 2.34. The second-order valence-corrected chi connectivity index (χ2v) is 9.47. The van der Waals surface area contributed by atoms with E-state index < -0.39 is 11.1 Å². The third-order valence-electron chi connectivity index (χ3n) is 5.96. The molecule has 2 aliphatic heterocycles. The quantitative estimate of drug-likeness (QED) is 0.601. The van der Waals surface area contributed by atoms with E-state index in [-0.39, 0.29) is 18.5 Å². The summed E-state index contributed by atoms with van der Waals surface area (Å²) in [7, 11) is 0. The Morgan fingerprint density at radius 1 is 1.19 bits per heavy atom. The first kappa shape index (κ1) is 22.3. The SMILES string of the molecule is CC(C)c1ccc(C=C2SC(=O)N(CC(=O)N3CCCCC3c3cccnc3)C2=O)cc1. The monoisotopic (exact) mass is 449 g/mol. The molecule has 3 amide bonds. The van der Waals surface area contributed by atoms with E-state index in [1.54, 1.807) is 23.4 Å². The molecule has 1 unspecified atom stereocenters. The molecule has 6 nitrogen and oxygen atoms in total. The fourth-order valence-electron chi connectivity index (χ4n) is 4.14. The van der Waals surface area contributed by atoms with Crippen LogP contribution in [-0.2, 0) is 9.59 Å². The molecule has 2 aliphatic rings. The van der Waals surface area contributed by atoms with Crippen molar-refractivity contribution in [1.29, 1.82) is 0 Å². The average Bonchev–Trinajstić information content (AvgIpc) is 3.07. The first-order valence-corrected chi connectivity index (χ1v) is 11.8. The van der Waals surface area contributed by atoms with Crippen LogP contribution in [0.4, 0.5) is 4.79 Å². The van der Waals surface area contributed by atoms with Gasteiger partial charge in [-0.15, -0.1) is 0 Å². The maximum Gasteiger partial charge on any atom is 0.294 e. The average molecular weight is 450 g/mol. The number of carbonyl (C=O) groups is 3. The van der Waals surface area contributed by atoms with Crippen LogP contribution in [-0.4, -0.2) is 44.9 Å². The summed E-state index contributed by atoms with van der Waals surface area (Å²) in [6, 6.07) is 11.7. The molecule has 0 N–H and O–H groups in total. The van der Waals surface area contributed by atoms with Crippen molar-refractivity contribution >= 4 is 34.9 Å². The van der Waals surface area contributed by atoms with Crippen LogP contribution >= 0.6 is 11.8 Å². The molecule has 2 saturated heterocycles. The molecular weight excluding hydrogens is 422 g/mol. The summed E-state index contributed by atoms with van der Waals surface area (Å²) in [5, 5.41) is -0.400. The molecule has 1 aromatic heterocycles. The molecule has 0 aliphatic carbocycles. The molecule has 1 atom stereocenters. The maximum absolute atomic E-state index is 13.1. The second kappa shape index (κ2) is 9.69. The zero-order valence-electron chi connectivity index (χ0n) is 18.4. The summed E-state index contributed by atoms with van der Waals surface area (Å²) in [5.41, 5.74) is 3.06. The molecule has 32 heavy (non-hydrogen) atoms. The van der Waals surface area contributed by atoms with Gasteiger partial charge in [-0.25, -0.2) is 0 Å². The Labute approximate surface area is 192 Å². The van der Waals surface area contributed by atoms with Crippen LogP contribution in [0, 0.1) is 0 Å².